The Balaban J connectivity index is 2.00. The number of aryl methyl sites for hydroxylation is 1. The fraction of sp³-hybridized carbons (Fsp3) is 0.381. The van der Waals surface area contributed by atoms with E-state index in [0.29, 0.717) is 18.0 Å². The summed E-state index contributed by atoms with van der Waals surface area (Å²) >= 11 is 0. The van der Waals surface area contributed by atoms with Gasteiger partial charge in [0.25, 0.3) is 10.0 Å². The molecule has 1 N–H and O–H groups in total. The van der Waals surface area contributed by atoms with Gasteiger partial charge < -0.3 is 14.8 Å². The van der Waals surface area contributed by atoms with Crippen LogP contribution in [-0.2, 0) is 14.8 Å². The smallest absolute Gasteiger partial charge is 0.268 e. The minimum Gasteiger partial charge on any atom is -0.495 e. The van der Waals surface area contributed by atoms with Crippen molar-refractivity contribution >= 4 is 21.6 Å². The van der Waals surface area contributed by atoms with Crippen molar-refractivity contribution in [1.82, 2.24) is 5.32 Å². The summed E-state index contributed by atoms with van der Waals surface area (Å²) in [7, 11) is -2.63. The maximum absolute atomic E-state index is 13.5. The van der Waals surface area contributed by atoms with Crippen molar-refractivity contribution in [2.75, 3.05) is 24.6 Å². The standard InChI is InChI=1S/C21H26N2O5S/c1-4-28-18-10-8-17(9-11-18)23(14-21(24)22-16-6-7-16)29(25,26)20-13-15(2)5-12-19(20)27-3/h5,8-13,16H,4,6-7,14H2,1-3H3,(H,22,24). The van der Waals surface area contributed by atoms with Crippen LogP contribution >= 0.6 is 0 Å². The van der Waals surface area contributed by atoms with Crippen molar-refractivity contribution < 1.29 is 22.7 Å². The lowest BCUT2D eigenvalue weighted by Crippen LogP contribution is -2.41. The molecule has 0 unspecified atom stereocenters. The second-order valence-electron chi connectivity index (χ2n) is 6.93. The first-order valence-electron chi connectivity index (χ1n) is 9.54. The zero-order valence-electron chi connectivity index (χ0n) is 16.8. The van der Waals surface area contributed by atoms with E-state index in [-0.39, 0.29) is 29.1 Å². The van der Waals surface area contributed by atoms with E-state index in [0.717, 1.165) is 22.7 Å². The van der Waals surface area contributed by atoms with Crippen molar-refractivity contribution in [2.24, 2.45) is 0 Å². The highest BCUT2D eigenvalue weighted by Crippen LogP contribution is 2.31. The number of nitrogens with zero attached hydrogens (tertiary/aromatic N) is 1. The highest BCUT2D eigenvalue weighted by molar-refractivity contribution is 7.93. The van der Waals surface area contributed by atoms with Gasteiger partial charge in [-0.05, 0) is 68.7 Å². The summed E-state index contributed by atoms with van der Waals surface area (Å²) < 4.78 is 38.9. The van der Waals surface area contributed by atoms with Gasteiger partial charge in [-0.1, -0.05) is 6.07 Å². The van der Waals surface area contributed by atoms with Crippen LogP contribution in [0.4, 0.5) is 5.69 Å². The molecule has 0 spiro atoms. The minimum atomic E-state index is -4.05. The molecule has 1 fully saturated rings. The van der Waals surface area contributed by atoms with Gasteiger partial charge in [0, 0.05) is 6.04 Å². The number of anilines is 1. The average Bonchev–Trinajstić information content (AvgIpc) is 3.51. The molecule has 0 heterocycles. The van der Waals surface area contributed by atoms with Crippen LogP contribution in [0, 0.1) is 6.92 Å². The molecule has 0 bridgehead atoms. The molecule has 7 nitrogen and oxygen atoms in total. The lowest BCUT2D eigenvalue weighted by atomic mass is 10.2. The van der Waals surface area contributed by atoms with Gasteiger partial charge in [0.1, 0.15) is 22.9 Å². The molecular weight excluding hydrogens is 392 g/mol. The van der Waals surface area contributed by atoms with Crippen LogP contribution in [0.2, 0.25) is 0 Å². The summed E-state index contributed by atoms with van der Waals surface area (Å²) in [6, 6.07) is 11.7. The van der Waals surface area contributed by atoms with E-state index in [2.05, 4.69) is 5.32 Å². The molecule has 8 heteroatoms. The normalized spacial score (nSPS) is 13.6. The molecule has 2 aromatic carbocycles. The van der Waals surface area contributed by atoms with Crippen LogP contribution in [0.15, 0.2) is 47.4 Å². The molecule has 0 radical (unpaired) electrons. The summed E-state index contributed by atoms with van der Waals surface area (Å²) in [6.45, 7) is 3.87. The second kappa shape index (κ2) is 8.73. The number of carbonyl (C=O) groups excluding carboxylic acids is 1. The van der Waals surface area contributed by atoms with Crippen molar-refractivity contribution in [3.63, 3.8) is 0 Å². The number of sulfonamides is 1. The maximum atomic E-state index is 13.5. The molecule has 3 rings (SSSR count). The van der Waals surface area contributed by atoms with Crippen molar-refractivity contribution in [2.45, 2.75) is 37.6 Å². The number of hydrogen-bond acceptors (Lipinski definition) is 5. The number of benzene rings is 2. The highest BCUT2D eigenvalue weighted by atomic mass is 32.2. The van der Waals surface area contributed by atoms with Crippen molar-refractivity contribution in [1.29, 1.82) is 0 Å². The fourth-order valence-corrected chi connectivity index (χ4v) is 4.59. The van der Waals surface area contributed by atoms with Crippen molar-refractivity contribution in [3.8, 4) is 11.5 Å². The summed E-state index contributed by atoms with van der Waals surface area (Å²) in [5.41, 5.74) is 1.15. The quantitative estimate of drug-likeness (QED) is 0.677. The zero-order chi connectivity index (χ0) is 21.0. The summed E-state index contributed by atoms with van der Waals surface area (Å²) in [4.78, 5) is 12.5. The average molecular weight is 419 g/mol. The van der Waals surface area contributed by atoms with Crippen LogP contribution in [0.25, 0.3) is 0 Å². The number of carbonyl (C=O) groups is 1. The molecule has 2 aromatic rings. The van der Waals surface area contributed by atoms with Crippen LogP contribution < -0.4 is 19.1 Å². The summed E-state index contributed by atoms with van der Waals surface area (Å²) in [6.07, 6.45) is 1.85. The van der Waals surface area contributed by atoms with E-state index < -0.39 is 10.0 Å². The van der Waals surface area contributed by atoms with E-state index in [4.69, 9.17) is 9.47 Å². The Bertz CT molecular complexity index is 969. The first-order chi connectivity index (χ1) is 13.8. The summed E-state index contributed by atoms with van der Waals surface area (Å²) in [5.74, 6) is 0.523. The molecule has 0 atom stereocenters. The first-order valence-corrected chi connectivity index (χ1v) is 11.0. The zero-order valence-corrected chi connectivity index (χ0v) is 17.7. The van der Waals surface area contributed by atoms with Crippen LogP contribution in [0.5, 0.6) is 11.5 Å². The molecule has 0 aromatic heterocycles. The Labute approximate surface area is 171 Å². The Morgan fingerprint density at radius 2 is 1.86 bits per heavy atom. The molecule has 1 aliphatic rings. The molecule has 1 aliphatic carbocycles. The Morgan fingerprint density at radius 3 is 2.45 bits per heavy atom. The van der Waals surface area contributed by atoms with E-state index in [1.165, 1.54) is 7.11 Å². The fourth-order valence-electron chi connectivity index (χ4n) is 2.93. The predicted molar refractivity (Wildman–Crippen MR) is 111 cm³/mol. The van der Waals surface area contributed by atoms with Crippen LogP contribution in [0.1, 0.15) is 25.3 Å². The molecule has 1 saturated carbocycles. The van der Waals surface area contributed by atoms with E-state index >= 15 is 0 Å². The molecule has 29 heavy (non-hydrogen) atoms. The van der Waals surface area contributed by atoms with E-state index in [1.54, 1.807) is 49.4 Å². The highest BCUT2D eigenvalue weighted by Gasteiger charge is 2.32. The Kier molecular flexibility index (Phi) is 6.32. The maximum Gasteiger partial charge on any atom is 0.268 e. The molecule has 156 valence electrons. The van der Waals surface area contributed by atoms with Gasteiger partial charge in [0.2, 0.25) is 5.91 Å². The van der Waals surface area contributed by atoms with E-state index in [1.807, 2.05) is 6.92 Å². The SMILES string of the molecule is CCOc1ccc(N(CC(=O)NC2CC2)S(=O)(=O)c2cc(C)ccc2OC)cc1. The predicted octanol–water partition coefficient (Wildman–Crippen LogP) is 2.88. The van der Waals surface area contributed by atoms with Gasteiger partial charge in [-0.3, -0.25) is 9.10 Å². The molecule has 1 amide bonds. The number of nitrogens with one attached hydrogen (secondary N) is 1. The van der Waals surface area contributed by atoms with Gasteiger partial charge in [-0.25, -0.2) is 8.42 Å². The number of rotatable bonds is 9. The molecular formula is C21H26N2O5S. The number of methoxy groups -OCH3 is 1. The Hall–Kier alpha value is -2.74. The molecule has 0 aliphatic heterocycles. The molecule has 0 saturated heterocycles. The van der Waals surface area contributed by atoms with Crippen LogP contribution in [0.3, 0.4) is 0 Å². The second-order valence-corrected chi connectivity index (χ2v) is 8.77. The summed E-state index contributed by atoms with van der Waals surface area (Å²) in [5, 5.41) is 2.85. The minimum absolute atomic E-state index is 0.0214. The lowest BCUT2D eigenvalue weighted by Gasteiger charge is -2.25. The number of ether oxygens (including phenoxy) is 2. The van der Waals surface area contributed by atoms with Gasteiger partial charge >= 0.3 is 0 Å². The van der Waals surface area contributed by atoms with Gasteiger partial charge in [0.05, 0.1) is 19.4 Å². The van der Waals surface area contributed by atoms with Crippen molar-refractivity contribution in [3.05, 3.63) is 48.0 Å². The van der Waals surface area contributed by atoms with Gasteiger partial charge in [-0.15, -0.1) is 0 Å². The van der Waals surface area contributed by atoms with Gasteiger partial charge in [0.15, 0.2) is 0 Å². The largest absolute Gasteiger partial charge is 0.495 e. The third-order valence-corrected chi connectivity index (χ3v) is 6.35. The topological polar surface area (TPSA) is 84.9 Å². The number of amides is 1. The number of hydrogen-bond donors (Lipinski definition) is 1. The third-order valence-electron chi connectivity index (χ3n) is 4.55. The lowest BCUT2D eigenvalue weighted by molar-refractivity contribution is -0.119. The third kappa shape index (κ3) is 5.00. The Morgan fingerprint density at radius 1 is 1.17 bits per heavy atom. The van der Waals surface area contributed by atoms with E-state index in [9.17, 15) is 13.2 Å². The van der Waals surface area contributed by atoms with Crippen LogP contribution in [-0.4, -0.2) is 40.6 Å². The monoisotopic (exact) mass is 418 g/mol. The van der Waals surface area contributed by atoms with Gasteiger partial charge in [-0.2, -0.15) is 0 Å². The first kappa shape index (κ1) is 21.0.